The number of rotatable bonds is 7. The quantitative estimate of drug-likeness (QED) is 0.627. The maximum absolute atomic E-state index is 9.03. The van der Waals surface area contributed by atoms with Crippen LogP contribution in [0.25, 0.3) is 0 Å². The van der Waals surface area contributed by atoms with E-state index in [4.69, 9.17) is 5.11 Å². The average Bonchev–Trinajstić information content (AvgIpc) is 2.24. The van der Waals surface area contributed by atoms with Crippen LogP contribution >= 0.6 is 24.8 Å². The van der Waals surface area contributed by atoms with E-state index < -0.39 is 0 Å². The van der Waals surface area contributed by atoms with Crippen molar-refractivity contribution in [3.63, 3.8) is 0 Å². The van der Waals surface area contributed by atoms with Gasteiger partial charge in [-0.05, 0) is 32.2 Å². The minimum Gasteiger partial charge on any atom is -0.392 e. The summed E-state index contributed by atoms with van der Waals surface area (Å²) in [6.45, 7) is 5.66. The molecule has 3 N–H and O–H groups in total. The van der Waals surface area contributed by atoms with Crippen LogP contribution in [0, 0.1) is 5.92 Å². The highest BCUT2D eigenvalue weighted by Gasteiger charge is 2.11. The van der Waals surface area contributed by atoms with Crippen molar-refractivity contribution in [2.45, 2.75) is 45.1 Å². The first-order valence-corrected chi connectivity index (χ1v) is 6.38. The molecule has 0 aromatic carbocycles. The molecule has 106 valence electrons. The molecule has 5 heteroatoms. The number of halogens is 2. The Bertz CT molecular complexity index is 153. The van der Waals surface area contributed by atoms with Crippen LogP contribution in [0.3, 0.4) is 0 Å². The van der Waals surface area contributed by atoms with Gasteiger partial charge in [-0.15, -0.1) is 24.8 Å². The number of hydrogen-bond acceptors (Lipinski definition) is 3. The first-order chi connectivity index (χ1) is 7.29. The lowest BCUT2D eigenvalue weighted by atomic mass is 9.89. The number of aliphatic hydroxyl groups is 1. The van der Waals surface area contributed by atoms with Gasteiger partial charge in [-0.3, -0.25) is 0 Å². The Morgan fingerprint density at radius 1 is 1.06 bits per heavy atom. The third-order valence-electron chi connectivity index (χ3n) is 3.08. The molecule has 1 rings (SSSR count). The van der Waals surface area contributed by atoms with Crippen LogP contribution in [0.1, 0.15) is 39.0 Å². The molecule has 0 bridgehead atoms. The predicted octanol–water partition coefficient (Wildman–Crippen LogP) is 1.97. The zero-order valence-electron chi connectivity index (χ0n) is 10.8. The third kappa shape index (κ3) is 11.3. The van der Waals surface area contributed by atoms with E-state index in [9.17, 15) is 0 Å². The van der Waals surface area contributed by atoms with Gasteiger partial charge in [-0.25, -0.2) is 0 Å². The second-order valence-electron chi connectivity index (χ2n) is 4.76. The Balaban J connectivity index is 0. The minimum absolute atomic E-state index is 0. The molecule has 0 aliphatic heterocycles. The third-order valence-corrected chi connectivity index (χ3v) is 3.08. The molecule has 1 aliphatic rings. The van der Waals surface area contributed by atoms with Gasteiger partial charge in [0.2, 0.25) is 0 Å². The van der Waals surface area contributed by atoms with E-state index in [1.165, 1.54) is 38.6 Å². The van der Waals surface area contributed by atoms with Crippen molar-refractivity contribution in [3.05, 3.63) is 0 Å². The van der Waals surface area contributed by atoms with Crippen molar-refractivity contribution in [3.8, 4) is 0 Å². The molecule has 0 spiro atoms. The van der Waals surface area contributed by atoms with Crippen LogP contribution in [0.4, 0.5) is 0 Å². The van der Waals surface area contributed by atoms with Crippen molar-refractivity contribution in [2.75, 3.05) is 26.2 Å². The van der Waals surface area contributed by atoms with E-state index in [0.717, 1.165) is 19.0 Å². The fourth-order valence-corrected chi connectivity index (χ4v) is 2.19. The van der Waals surface area contributed by atoms with E-state index in [1.54, 1.807) is 0 Å². The summed E-state index contributed by atoms with van der Waals surface area (Å²) in [5, 5.41) is 15.7. The lowest BCUT2D eigenvalue weighted by Gasteiger charge is -2.21. The van der Waals surface area contributed by atoms with Crippen molar-refractivity contribution in [2.24, 2.45) is 5.92 Å². The molecule has 0 radical (unpaired) electrons. The first kappa shape index (κ1) is 19.8. The molecule has 0 amide bonds. The molecular formula is C12H28Cl2N2O. The zero-order valence-corrected chi connectivity index (χ0v) is 12.4. The maximum Gasteiger partial charge on any atom is 0.0636 e. The van der Waals surface area contributed by atoms with Crippen molar-refractivity contribution >= 4 is 24.8 Å². The van der Waals surface area contributed by atoms with E-state index >= 15 is 0 Å². The van der Waals surface area contributed by atoms with Gasteiger partial charge in [0.15, 0.2) is 0 Å². The molecule has 1 unspecified atom stereocenters. The van der Waals surface area contributed by atoms with Gasteiger partial charge in [0.05, 0.1) is 6.10 Å². The Kier molecular flexibility index (Phi) is 15.0. The maximum atomic E-state index is 9.03. The highest BCUT2D eigenvalue weighted by molar-refractivity contribution is 5.85. The number of aliphatic hydroxyl groups excluding tert-OH is 1. The van der Waals surface area contributed by atoms with E-state index in [1.807, 2.05) is 6.92 Å². The van der Waals surface area contributed by atoms with Gasteiger partial charge >= 0.3 is 0 Å². The van der Waals surface area contributed by atoms with E-state index in [2.05, 4.69) is 10.6 Å². The largest absolute Gasteiger partial charge is 0.392 e. The highest BCUT2D eigenvalue weighted by Crippen LogP contribution is 2.22. The van der Waals surface area contributed by atoms with Gasteiger partial charge in [0.25, 0.3) is 0 Å². The fourth-order valence-electron chi connectivity index (χ4n) is 2.19. The molecule has 3 nitrogen and oxygen atoms in total. The molecule has 0 aromatic rings. The van der Waals surface area contributed by atoms with Crippen LogP contribution in [0.2, 0.25) is 0 Å². The second-order valence-corrected chi connectivity index (χ2v) is 4.76. The SMILES string of the molecule is CC(O)CNCCNCC1CCCCC1.Cl.Cl. The molecule has 0 heterocycles. The fraction of sp³-hybridized carbons (Fsp3) is 1.00. The van der Waals surface area contributed by atoms with Crippen LogP contribution in [0.5, 0.6) is 0 Å². The molecule has 1 atom stereocenters. The van der Waals surface area contributed by atoms with Gasteiger partial charge < -0.3 is 15.7 Å². The molecule has 0 saturated heterocycles. The summed E-state index contributed by atoms with van der Waals surface area (Å²) in [6, 6.07) is 0. The standard InChI is InChI=1S/C12H26N2O.2ClH/c1-11(15)9-13-7-8-14-10-12-5-3-2-4-6-12;;/h11-15H,2-10H2,1H3;2*1H. The number of hydrogen-bond donors (Lipinski definition) is 3. The van der Waals surface area contributed by atoms with Crippen LogP contribution in [0.15, 0.2) is 0 Å². The van der Waals surface area contributed by atoms with Crippen LogP contribution in [-0.4, -0.2) is 37.4 Å². The van der Waals surface area contributed by atoms with Gasteiger partial charge in [-0.2, -0.15) is 0 Å². The molecule has 1 saturated carbocycles. The zero-order chi connectivity index (χ0) is 10.9. The first-order valence-electron chi connectivity index (χ1n) is 6.38. The summed E-state index contributed by atoms with van der Waals surface area (Å²) in [5.41, 5.74) is 0. The Labute approximate surface area is 118 Å². The predicted molar refractivity (Wildman–Crippen MR) is 78.5 cm³/mol. The normalized spacial score (nSPS) is 18.0. The summed E-state index contributed by atoms with van der Waals surface area (Å²) >= 11 is 0. The molecule has 1 fully saturated rings. The Morgan fingerprint density at radius 2 is 1.65 bits per heavy atom. The summed E-state index contributed by atoms with van der Waals surface area (Å²) in [4.78, 5) is 0. The summed E-state index contributed by atoms with van der Waals surface area (Å²) in [7, 11) is 0. The van der Waals surface area contributed by atoms with E-state index in [-0.39, 0.29) is 30.9 Å². The molecule has 0 aromatic heterocycles. The van der Waals surface area contributed by atoms with Gasteiger partial charge in [-0.1, -0.05) is 19.3 Å². The molecular weight excluding hydrogens is 259 g/mol. The van der Waals surface area contributed by atoms with E-state index in [0.29, 0.717) is 6.54 Å². The lowest BCUT2D eigenvalue weighted by Crippen LogP contribution is -2.34. The minimum atomic E-state index is -0.233. The number of nitrogens with one attached hydrogen (secondary N) is 2. The van der Waals surface area contributed by atoms with Gasteiger partial charge in [0.1, 0.15) is 0 Å². The topological polar surface area (TPSA) is 44.3 Å². The van der Waals surface area contributed by atoms with Crippen molar-refractivity contribution < 1.29 is 5.11 Å². The molecule has 17 heavy (non-hydrogen) atoms. The lowest BCUT2D eigenvalue weighted by molar-refractivity contribution is 0.191. The molecule has 1 aliphatic carbocycles. The van der Waals surface area contributed by atoms with Gasteiger partial charge in [0, 0.05) is 19.6 Å². The smallest absolute Gasteiger partial charge is 0.0636 e. The average molecular weight is 287 g/mol. The summed E-state index contributed by atoms with van der Waals surface area (Å²) < 4.78 is 0. The van der Waals surface area contributed by atoms with Crippen LogP contribution in [-0.2, 0) is 0 Å². The monoisotopic (exact) mass is 286 g/mol. The Morgan fingerprint density at radius 3 is 2.24 bits per heavy atom. The van der Waals surface area contributed by atoms with Crippen LogP contribution < -0.4 is 10.6 Å². The Hall–Kier alpha value is 0.460. The second kappa shape index (κ2) is 12.9. The summed E-state index contributed by atoms with van der Waals surface area (Å²) in [5.74, 6) is 0.913. The van der Waals surface area contributed by atoms with Crippen molar-refractivity contribution in [1.29, 1.82) is 0 Å². The summed E-state index contributed by atoms with van der Waals surface area (Å²) in [6.07, 6.45) is 6.87. The van der Waals surface area contributed by atoms with Crippen molar-refractivity contribution in [1.82, 2.24) is 10.6 Å². The highest BCUT2D eigenvalue weighted by atomic mass is 35.5.